The Kier molecular flexibility index (Phi) is 9.96. The molecule has 0 saturated carbocycles. The number of rotatable bonds is 10. The molecule has 4 aliphatic rings. The summed E-state index contributed by atoms with van der Waals surface area (Å²) < 4.78 is 9.14. The van der Waals surface area contributed by atoms with Gasteiger partial charge in [0.2, 0.25) is 5.95 Å². The zero-order valence-corrected chi connectivity index (χ0v) is 37.9. The Labute approximate surface area is 387 Å². The SMILES string of the molecule is C=C/C=C\c1oc2c(-c3nc(-n4c5c(c6c7ccccc7c(-c7cc8c(c9ccccc79)N([C@@H](/C=C\C)CCC=C)C7C=CC=C[C@@H]87)cc64)CCCC5)nc4c3CCC=C4)cccc2c1C. The highest BCUT2D eigenvalue weighted by Gasteiger charge is 2.41. The van der Waals surface area contributed by atoms with Gasteiger partial charge in [-0.3, -0.25) is 4.57 Å². The molecule has 5 aromatic carbocycles. The summed E-state index contributed by atoms with van der Waals surface area (Å²) >= 11 is 0. The summed E-state index contributed by atoms with van der Waals surface area (Å²) in [6.45, 7) is 12.3. The van der Waals surface area contributed by atoms with Crippen LogP contribution in [0.3, 0.4) is 0 Å². The van der Waals surface area contributed by atoms with E-state index in [4.69, 9.17) is 14.4 Å². The van der Waals surface area contributed by atoms with Crippen LogP contribution in [0.25, 0.3) is 83.9 Å². The number of aromatic nitrogens is 3. The van der Waals surface area contributed by atoms with Crippen LogP contribution in [0, 0.1) is 6.92 Å². The van der Waals surface area contributed by atoms with Crippen molar-refractivity contribution in [3.05, 3.63) is 192 Å². The lowest BCUT2D eigenvalue weighted by Gasteiger charge is -2.35. The molecule has 5 nitrogen and oxygen atoms in total. The Morgan fingerprint density at radius 3 is 2.42 bits per heavy atom. The zero-order valence-electron chi connectivity index (χ0n) is 37.9. The molecule has 66 heavy (non-hydrogen) atoms. The first kappa shape index (κ1) is 40.3. The van der Waals surface area contributed by atoms with Gasteiger partial charge in [-0.15, -0.1) is 6.58 Å². The highest BCUT2D eigenvalue weighted by atomic mass is 16.3. The summed E-state index contributed by atoms with van der Waals surface area (Å²) in [6.07, 6.45) is 34.3. The van der Waals surface area contributed by atoms with Crippen LogP contribution in [0.4, 0.5) is 5.69 Å². The third-order valence-electron chi connectivity index (χ3n) is 14.8. The number of fused-ring (bicyclic) bond motifs is 12. The quantitative estimate of drug-likeness (QED) is 0.102. The van der Waals surface area contributed by atoms with Gasteiger partial charge >= 0.3 is 0 Å². The van der Waals surface area contributed by atoms with Gasteiger partial charge in [0.25, 0.3) is 0 Å². The topological polar surface area (TPSA) is 47.1 Å². The first-order valence-electron chi connectivity index (χ1n) is 24.0. The fourth-order valence-corrected chi connectivity index (χ4v) is 11.9. The van der Waals surface area contributed by atoms with Crippen LogP contribution in [0.1, 0.15) is 84.3 Å². The Balaban J connectivity index is 1.13. The van der Waals surface area contributed by atoms with E-state index in [0.717, 1.165) is 90.1 Å². The van der Waals surface area contributed by atoms with E-state index in [-0.39, 0.29) is 18.0 Å². The van der Waals surface area contributed by atoms with Crippen molar-refractivity contribution in [2.75, 3.05) is 4.90 Å². The molecular weight excluding hydrogens is 805 g/mol. The van der Waals surface area contributed by atoms with Crippen LogP contribution >= 0.6 is 0 Å². The first-order valence-corrected chi connectivity index (χ1v) is 24.0. The number of benzene rings is 5. The van der Waals surface area contributed by atoms with Crippen LogP contribution in [0.2, 0.25) is 0 Å². The van der Waals surface area contributed by atoms with Crippen molar-refractivity contribution in [3.8, 4) is 28.3 Å². The number of nitrogens with zero attached hydrogens (tertiary/aromatic N) is 4. The number of furan rings is 1. The van der Waals surface area contributed by atoms with Gasteiger partial charge in [-0.1, -0.05) is 128 Å². The molecule has 0 radical (unpaired) electrons. The number of para-hydroxylation sites is 1. The van der Waals surface area contributed by atoms with Gasteiger partial charge in [0.15, 0.2) is 0 Å². The van der Waals surface area contributed by atoms with Crippen molar-refractivity contribution in [1.82, 2.24) is 14.5 Å². The van der Waals surface area contributed by atoms with Crippen molar-refractivity contribution in [2.24, 2.45) is 0 Å². The highest BCUT2D eigenvalue weighted by Crippen LogP contribution is 2.53. The van der Waals surface area contributed by atoms with Crippen LogP contribution < -0.4 is 4.90 Å². The lowest BCUT2D eigenvalue weighted by Crippen LogP contribution is -2.40. The van der Waals surface area contributed by atoms with Gasteiger partial charge < -0.3 is 9.32 Å². The summed E-state index contributed by atoms with van der Waals surface area (Å²) in [5.41, 5.74) is 15.3. The van der Waals surface area contributed by atoms with Crippen molar-refractivity contribution < 1.29 is 4.42 Å². The second-order valence-corrected chi connectivity index (χ2v) is 18.4. The van der Waals surface area contributed by atoms with E-state index in [1.54, 1.807) is 6.08 Å². The molecule has 1 aliphatic heterocycles. The maximum atomic E-state index is 6.69. The third-order valence-corrected chi connectivity index (χ3v) is 14.8. The van der Waals surface area contributed by atoms with Gasteiger partial charge in [0.05, 0.1) is 22.9 Å². The van der Waals surface area contributed by atoms with E-state index < -0.39 is 0 Å². The van der Waals surface area contributed by atoms with Crippen molar-refractivity contribution in [1.29, 1.82) is 0 Å². The lowest BCUT2D eigenvalue weighted by atomic mass is 9.85. The molecule has 0 bridgehead atoms. The summed E-state index contributed by atoms with van der Waals surface area (Å²) in [7, 11) is 0. The fourth-order valence-electron chi connectivity index (χ4n) is 11.9. The van der Waals surface area contributed by atoms with Gasteiger partial charge in [-0.25, -0.2) is 9.97 Å². The van der Waals surface area contributed by atoms with E-state index in [2.05, 4.69) is 170 Å². The Hall–Kier alpha value is -7.24. The molecule has 4 heterocycles. The van der Waals surface area contributed by atoms with Crippen molar-refractivity contribution in [2.45, 2.75) is 83.2 Å². The smallest absolute Gasteiger partial charge is 0.235 e. The molecular formula is C61H54N4O. The normalized spacial score (nSPS) is 17.9. The van der Waals surface area contributed by atoms with Gasteiger partial charge in [-0.05, 0) is 134 Å². The summed E-state index contributed by atoms with van der Waals surface area (Å²) in [5.74, 6) is 1.81. The maximum Gasteiger partial charge on any atom is 0.235 e. The minimum absolute atomic E-state index is 0.230. The Morgan fingerprint density at radius 1 is 0.818 bits per heavy atom. The largest absolute Gasteiger partial charge is 0.456 e. The van der Waals surface area contributed by atoms with E-state index >= 15 is 0 Å². The Morgan fingerprint density at radius 2 is 1.59 bits per heavy atom. The zero-order chi connectivity index (χ0) is 44.5. The predicted octanol–water partition coefficient (Wildman–Crippen LogP) is 15.5. The van der Waals surface area contributed by atoms with E-state index in [1.165, 1.54) is 78.1 Å². The lowest BCUT2D eigenvalue weighted by molar-refractivity contribution is 0.587. The minimum atomic E-state index is 0.230. The predicted molar refractivity (Wildman–Crippen MR) is 278 cm³/mol. The molecule has 5 heteroatoms. The molecule has 0 amide bonds. The number of hydrogen-bond acceptors (Lipinski definition) is 4. The Bertz CT molecular complexity index is 3470. The monoisotopic (exact) mass is 858 g/mol. The molecule has 1 unspecified atom stereocenters. The average Bonchev–Trinajstić information content (AvgIpc) is 4.00. The second-order valence-electron chi connectivity index (χ2n) is 18.4. The van der Waals surface area contributed by atoms with Gasteiger partial charge in [0.1, 0.15) is 11.3 Å². The van der Waals surface area contributed by atoms with E-state index in [1.807, 2.05) is 12.2 Å². The number of aryl methyl sites for hydroxylation is 2. The van der Waals surface area contributed by atoms with E-state index in [0.29, 0.717) is 0 Å². The summed E-state index contributed by atoms with van der Waals surface area (Å²) in [5, 5.41) is 7.57. The second kappa shape index (κ2) is 16.3. The fraction of sp³-hybridized carbons (Fsp3) is 0.213. The highest BCUT2D eigenvalue weighted by molar-refractivity contribution is 6.19. The number of allylic oxidation sites excluding steroid dienone is 7. The first-order chi connectivity index (χ1) is 32.6. The average molecular weight is 859 g/mol. The van der Waals surface area contributed by atoms with Crippen LogP contribution in [0.5, 0.6) is 0 Å². The van der Waals surface area contributed by atoms with Crippen molar-refractivity contribution >= 4 is 61.3 Å². The molecule has 8 aromatic rings. The molecule has 3 aliphatic carbocycles. The van der Waals surface area contributed by atoms with Crippen LogP contribution in [-0.2, 0) is 19.3 Å². The van der Waals surface area contributed by atoms with Crippen LogP contribution in [0.15, 0.2) is 157 Å². The van der Waals surface area contributed by atoms with Crippen LogP contribution in [-0.4, -0.2) is 26.6 Å². The summed E-state index contributed by atoms with van der Waals surface area (Å²) in [4.78, 5) is 13.9. The van der Waals surface area contributed by atoms with Crippen molar-refractivity contribution in [3.63, 3.8) is 0 Å². The number of hydrogen-bond donors (Lipinski definition) is 0. The van der Waals surface area contributed by atoms with E-state index in [9.17, 15) is 0 Å². The van der Waals surface area contributed by atoms with Gasteiger partial charge in [0, 0.05) is 56.2 Å². The molecule has 0 fully saturated rings. The number of anilines is 1. The minimum Gasteiger partial charge on any atom is -0.456 e. The summed E-state index contributed by atoms with van der Waals surface area (Å²) in [6, 6.07) is 30.2. The molecule has 12 rings (SSSR count). The van der Waals surface area contributed by atoms with Gasteiger partial charge in [-0.2, -0.15) is 0 Å². The molecule has 3 aromatic heterocycles. The maximum absolute atomic E-state index is 6.69. The molecule has 324 valence electrons. The molecule has 0 spiro atoms. The third kappa shape index (κ3) is 6.20. The molecule has 0 saturated heterocycles. The molecule has 0 N–H and O–H groups in total. The standard InChI is InChI=1S/C61H54N4O/c1-5-8-22-39(21-7-3)64-53-33-18-15-25-43(53)51-36-49(42-24-11-13-27-45(42)59(51)64)50-37-55-57(44-26-12-10-23-41(44)50)47-29-16-19-34-54(47)65(55)61-62-52-32-17-14-28-46(52)58(63-61)48-31-20-30-40-38(4)56(35-9-6-2)66-60(40)48/h5-7,9-13,15,17-18,20-21,23-27,30-33,35-37,39,43,53H,1-2,8,14,16,19,22,28-29,34H2,3-4H3/b21-7-,35-9-/t39-,43-,53?/m0/s1. The molecule has 3 atom stereocenters.